The maximum atomic E-state index is 13.6. The van der Waals surface area contributed by atoms with Gasteiger partial charge in [0.25, 0.3) is 5.91 Å². The van der Waals surface area contributed by atoms with Crippen LogP contribution in [0.2, 0.25) is 0 Å². The van der Waals surface area contributed by atoms with E-state index in [1.54, 1.807) is 20.8 Å². The van der Waals surface area contributed by atoms with E-state index in [2.05, 4.69) is 10.6 Å². The molecule has 45 heavy (non-hydrogen) atoms. The molecule has 2 heterocycles. The minimum Gasteiger partial charge on any atom is -0.509 e. The second-order valence-corrected chi connectivity index (χ2v) is 12.6. The van der Waals surface area contributed by atoms with Gasteiger partial charge in [0.1, 0.15) is 34.6 Å². The number of carbonyl (C=O) groups is 4. The Morgan fingerprint density at radius 3 is 2.02 bits per heavy atom. The maximum Gasteiger partial charge on any atom is 0.408 e. The second-order valence-electron chi connectivity index (χ2n) is 11.5. The smallest absolute Gasteiger partial charge is 0.408 e. The fraction of sp³-hybridized carbons (Fsp3) is 0.273. The number of phenols is 1. The number of amides is 3. The van der Waals surface area contributed by atoms with E-state index in [1.165, 1.54) is 36.0 Å². The molecular weight excluding hydrogens is 598 g/mol. The van der Waals surface area contributed by atoms with Gasteiger partial charge in [-0.05, 0) is 49.6 Å². The van der Waals surface area contributed by atoms with Gasteiger partial charge < -0.3 is 30.3 Å². The molecule has 4 N–H and O–H groups in total. The fourth-order valence-corrected chi connectivity index (χ4v) is 6.17. The highest BCUT2D eigenvalue weighted by molar-refractivity contribution is 8.00. The van der Waals surface area contributed by atoms with Crippen LogP contribution in [-0.4, -0.2) is 61.8 Å². The van der Waals surface area contributed by atoms with E-state index in [0.29, 0.717) is 16.7 Å². The molecule has 3 aromatic carbocycles. The summed E-state index contributed by atoms with van der Waals surface area (Å²) in [5.74, 6) is -2.57. The molecule has 5 rings (SSSR count). The molecule has 0 saturated carbocycles. The Kier molecular flexibility index (Phi) is 9.05. The topological polar surface area (TPSA) is 154 Å². The number of hydrogen-bond acceptors (Lipinski definition) is 9. The summed E-state index contributed by atoms with van der Waals surface area (Å²) in [6, 6.07) is 21.5. The largest absolute Gasteiger partial charge is 0.509 e. The van der Waals surface area contributed by atoms with Crippen molar-refractivity contribution in [3.8, 4) is 5.75 Å². The predicted molar refractivity (Wildman–Crippen MR) is 166 cm³/mol. The molecule has 0 bridgehead atoms. The fourth-order valence-electron chi connectivity index (χ4n) is 4.97. The first-order valence-electron chi connectivity index (χ1n) is 14.2. The molecule has 1 saturated heterocycles. The Hall–Kier alpha value is -4.97. The summed E-state index contributed by atoms with van der Waals surface area (Å²) in [7, 11) is 0. The van der Waals surface area contributed by atoms with E-state index in [9.17, 15) is 29.4 Å². The summed E-state index contributed by atoms with van der Waals surface area (Å²) < 4.78 is 11.2. The molecule has 0 radical (unpaired) electrons. The quantitative estimate of drug-likeness (QED) is 0.208. The number of thioether (sulfide) groups is 1. The van der Waals surface area contributed by atoms with E-state index in [4.69, 9.17) is 9.47 Å². The highest BCUT2D eigenvalue weighted by Crippen LogP contribution is 2.41. The number of aliphatic hydroxyl groups excluding tert-OH is 1. The molecule has 2 aliphatic heterocycles. The van der Waals surface area contributed by atoms with Crippen LogP contribution in [0, 0.1) is 0 Å². The van der Waals surface area contributed by atoms with Gasteiger partial charge in [-0.3, -0.25) is 14.5 Å². The molecule has 3 amide bonds. The summed E-state index contributed by atoms with van der Waals surface area (Å²) in [6.07, 6.45) is -1.65. The number of esters is 1. The lowest BCUT2D eigenvalue weighted by Gasteiger charge is -2.49. The van der Waals surface area contributed by atoms with Gasteiger partial charge >= 0.3 is 12.1 Å². The van der Waals surface area contributed by atoms with Gasteiger partial charge in [-0.25, -0.2) is 9.59 Å². The molecule has 3 aromatic rings. The van der Waals surface area contributed by atoms with Gasteiger partial charge in [-0.2, -0.15) is 0 Å². The minimum absolute atomic E-state index is 0.00411. The first-order valence-corrected chi connectivity index (χ1v) is 15.2. The van der Waals surface area contributed by atoms with E-state index in [1.807, 2.05) is 60.7 Å². The summed E-state index contributed by atoms with van der Waals surface area (Å²) in [4.78, 5) is 54.2. The van der Waals surface area contributed by atoms with E-state index < -0.39 is 53.0 Å². The zero-order valence-corrected chi connectivity index (χ0v) is 25.6. The standard InChI is InChI=1S/C33H33N3O8S/c1-33(2,3)44-32(42)35-24(19-14-16-22(37)17-15-19)28(39)34-25-29(40)36-26(23(38)18-45-30(25)36)31(41)43-27(20-10-6-4-7-11-20)21-12-8-5-9-13-21/h4-17,24-25,27,30,37-38H,18H2,1-3H3,(H,34,39)(H,35,42)/t24?,25-,30-/m1/s1. The molecule has 1 fully saturated rings. The Morgan fingerprint density at radius 1 is 0.889 bits per heavy atom. The van der Waals surface area contributed by atoms with Crippen LogP contribution in [0.5, 0.6) is 5.75 Å². The summed E-state index contributed by atoms with van der Waals surface area (Å²) in [5.41, 5.74) is 0.634. The van der Waals surface area contributed by atoms with Crippen LogP contribution in [0.25, 0.3) is 0 Å². The molecule has 0 aliphatic carbocycles. The molecule has 3 atom stereocenters. The van der Waals surface area contributed by atoms with Gasteiger partial charge in [0.2, 0.25) is 5.91 Å². The van der Waals surface area contributed by atoms with E-state index in [0.717, 1.165) is 4.90 Å². The van der Waals surface area contributed by atoms with Crippen molar-refractivity contribution in [1.82, 2.24) is 15.5 Å². The van der Waals surface area contributed by atoms with Crippen LogP contribution in [0.1, 0.15) is 49.6 Å². The first kappa shape index (κ1) is 31.5. The lowest BCUT2D eigenvalue weighted by molar-refractivity contribution is -0.155. The number of hydrogen-bond donors (Lipinski definition) is 4. The van der Waals surface area contributed by atoms with Gasteiger partial charge in [0.05, 0.1) is 5.75 Å². The van der Waals surface area contributed by atoms with Crippen molar-refractivity contribution in [3.63, 3.8) is 0 Å². The molecular formula is C33H33N3O8S. The molecule has 234 valence electrons. The number of aliphatic hydroxyl groups is 1. The third-order valence-electron chi connectivity index (χ3n) is 7.02. The number of ether oxygens (including phenoxy) is 2. The van der Waals surface area contributed by atoms with Crippen molar-refractivity contribution in [1.29, 1.82) is 0 Å². The van der Waals surface area contributed by atoms with Crippen molar-refractivity contribution >= 4 is 35.6 Å². The zero-order valence-electron chi connectivity index (χ0n) is 24.8. The Balaban J connectivity index is 1.33. The number of nitrogens with one attached hydrogen (secondary N) is 2. The van der Waals surface area contributed by atoms with Crippen LogP contribution in [-0.2, 0) is 23.9 Å². The molecule has 12 heteroatoms. The molecule has 0 aromatic heterocycles. The third-order valence-corrected chi connectivity index (χ3v) is 8.28. The number of aromatic hydroxyl groups is 1. The average molecular weight is 632 g/mol. The maximum absolute atomic E-state index is 13.6. The van der Waals surface area contributed by atoms with Crippen LogP contribution >= 0.6 is 11.8 Å². The Morgan fingerprint density at radius 2 is 1.47 bits per heavy atom. The lowest BCUT2D eigenvalue weighted by Crippen LogP contribution is -2.71. The summed E-state index contributed by atoms with van der Waals surface area (Å²) >= 11 is 1.17. The van der Waals surface area contributed by atoms with Gasteiger partial charge in [0, 0.05) is 0 Å². The Labute approximate surface area is 264 Å². The third kappa shape index (κ3) is 7.07. The van der Waals surface area contributed by atoms with Gasteiger partial charge in [-0.1, -0.05) is 72.8 Å². The highest BCUT2D eigenvalue weighted by atomic mass is 32.2. The molecule has 2 aliphatic rings. The monoisotopic (exact) mass is 631 g/mol. The summed E-state index contributed by atoms with van der Waals surface area (Å²) in [5, 5.41) is 24.9. The number of nitrogens with zero attached hydrogens (tertiary/aromatic N) is 1. The van der Waals surface area contributed by atoms with E-state index >= 15 is 0 Å². The first-order chi connectivity index (χ1) is 21.4. The number of benzene rings is 3. The number of β-lactam (4-membered cyclic amide) rings is 1. The SMILES string of the molecule is CC(C)(C)OC(=O)NC(C(=O)N[C@@H]1C(=O)N2C(C(=O)OC(c3ccccc3)c3ccccc3)=C(O)CS[C@H]12)c1ccc(O)cc1. The van der Waals surface area contributed by atoms with Crippen molar-refractivity contribution < 1.29 is 38.9 Å². The molecule has 0 spiro atoms. The second kappa shape index (κ2) is 12.9. The van der Waals surface area contributed by atoms with Gasteiger partial charge in [0.15, 0.2) is 11.8 Å². The zero-order chi connectivity index (χ0) is 32.3. The van der Waals surface area contributed by atoms with Crippen LogP contribution < -0.4 is 10.6 Å². The number of phenolic OH excluding ortho intramolecular Hbond substituents is 1. The predicted octanol–water partition coefficient (Wildman–Crippen LogP) is 4.46. The van der Waals surface area contributed by atoms with Crippen molar-refractivity contribution in [2.45, 2.75) is 49.9 Å². The number of alkyl carbamates (subject to hydrolysis) is 1. The summed E-state index contributed by atoms with van der Waals surface area (Å²) in [6.45, 7) is 5.03. The molecule has 1 unspecified atom stereocenters. The van der Waals surface area contributed by atoms with Crippen molar-refractivity contribution in [3.05, 3.63) is 113 Å². The highest BCUT2D eigenvalue weighted by Gasteiger charge is 2.55. The van der Waals surface area contributed by atoms with Crippen LogP contribution in [0.3, 0.4) is 0 Å². The average Bonchev–Trinajstić information content (AvgIpc) is 3.01. The van der Waals surface area contributed by atoms with E-state index in [-0.39, 0.29) is 23.0 Å². The number of rotatable bonds is 8. The van der Waals surface area contributed by atoms with Crippen molar-refractivity contribution in [2.24, 2.45) is 0 Å². The molecule has 11 nitrogen and oxygen atoms in total. The lowest BCUT2D eigenvalue weighted by atomic mass is 10.0. The van der Waals surface area contributed by atoms with Gasteiger partial charge in [-0.15, -0.1) is 11.8 Å². The van der Waals surface area contributed by atoms with Crippen LogP contribution in [0.15, 0.2) is 96.4 Å². The normalized spacial score (nSPS) is 18.4. The van der Waals surface area contributed by atoms with Crippen molar-refractivity contribution in [2.75, 3.05) is 5.75 Å². The Bertz CT molecular complexity index is 1570. The number of fused-ring (bicyclic) bond motifs is 1. The number of carbonyl (C=O) groups excluding carboxylic acids is 4. The minimum atomic E-state index is -1.26. The van der Waals surface area contributed by atoms with Crippen LogP contribution in [0.4, 0.5) is 4.79 Å².